The summed E-state index contributed by atoms with van der Waals surface area (Å²) in [7, 11) is 2.15. The van der Waals surface area contributed by atoms with Gasteiger partial charge in [-0.25, -0.2) is 0 Å². The number of hydrogen-bond acceptors (Lipinski definition) is 5. The summed E-state index contributed by atoms with van der Waals surface area (Å²) in [5.74, 6) is 0.746. The molecule has 0 aromatic heterocycles. The lowest BCUT2D eigenvalue weighted by molar-refractivity contribution is 0.291. The molecule has 2 N–H and O–H groups in total. The topological polar surface area (TPSA) is 48.9 Å². The van der Waals surface area contributed by atoms with Gasteiger partial charge in [-0.1, -0.05) is 110 Å². The molecule has 0 spiro atoms. The average Bonchev–Trinajstić information content (AvgIpc) is 3.29. The molecule has 3 heterocycles. The van der Waals surface area contributed by atoms with Gasteiger partial charge in [0.2, 0.25) is 0 Å². The highest BCUT2D eigenvalue weighted by molar-refractivity contribution is 6.30. The van der Waals surface area contributed by atoms with E-state index in [9.17, 15) is 0 Å². The summed E-state index contributed by atoms with van der Waals surface area (Å²) in [6, 6.07) is 27.0. The largest absolute Gasteiger partial charge is 0.462 e. The highest BCUT2D eigenvalue weighted by atomic mass is 35.5. The highest BCUT2D eigenvalue weighted by Gasteiger charge is 2.14. The SMILES string of the molecule is C=C/C=C\C1=COc2ccc(Cl)cc2C=N1.CC.CN1CCNCC1.c1ccc(C(=C2CCNCC2)c2ccccc2)cc1. The molecule has 0 bridgehead atoms. The molecule has 3 aromatic rings. The summed E-state index contributed by atoms with van der Waals surface area (Å²) >= 11 is 5.89. The standard InChI is InChI=1S/C18H19N.C13H10ClNO.C5H12N2.C2H6/c1-3-7-15(8-4-1)18(16-9-5-2-6-10-16)17-11-13-19-14-12-17;1-2-3-4-12-9-16-13-6-5-11(14)7-10(13)8-15-12;1-7-4-2-6-3-5-7;1-2/h1-10,19H,11-14H2;2-9H,1H2;6H,2-5H2,1H3;1-2H3/b;4-3-;;. The molecule has 0 aliphatic carbocycles. The summed E-state index contributed by atoms with van der Waals surface area (Å²) in [5.41, 5.74) is 7.29. The third kappa shape index (κ3) is 11.7. The molecule has 6 rings (SSSR count). The maximum atomic E-state index is 5.89. The van der Waals surface area contributed by atoms with E-state index < -0.39 is 0 Å². The van der Waals surface area contributed by atoms with Crippen molar-refractivity contribution in [1.82, 2.24) is 15.5 Å². The maximum Gasteiger partial charge on any atom is 0.135 e. The summed E-state index contributed by atoms with van der Waals surface area (Å²) in [6.45, 7) is 14.5. The number of piperidine rings is 1. The van der Waals surface area contributed by atoms with Gasteiger partial charge in [-0.3, -0.25) is 4.99 Å². The first-order chi connectivity index (χ1) is 21.6. The van der Waals surface area contributed by atoms with Crippen molar-refractivity contribution in [1.29, 1.82) is 0 Å². The van der Waals surface area contributed by atoms with E-state index in [4.69, 9.17) is 16.3 Å². The summed E-state index contributed by atoms with van der Waals surface area (Å²) in [4.78, 5) is 6.59. The normalized spacial score (nSPS) is 15.8. The number of rotatable bonds is 4. The van der Waals surface area contributed by atoms with Gasteiger partial charge in [-0.2, -0.15) is 0 Å². The van der Waals surface area contributed by atoms with Crippen molar-refractivity contribution in [3.8, 4) is 5.75 Å². The van der Waals surface area contributed by atoms with E-state index >= 15 is 0 Å². The summed E-state index contributed by atoms with van der Waals surface area (Å²) in [6.07, 6.45) is 10.9. The summed E-state index contributed by atoms with van der Waals surface area (Å²) < 4.78 is 5.48. The molecule has 2 saturated heterocycles. The van der Waals surface area contributed by atoms with E-state index in [1.807, 2.05) is 32.1 Å². The van der Waals surface area contributed by atoms with Crippen molar-refractivity contribution in [2.24, 2.45) is 4.99 Å². The summed E-state index contributed by atoms with van der Waals surface area (Å²) in [5, 5.41) is 7.38. The fraction of sp³-hybridized carbons (Fsp3) is 0.289. The van der Waals surface area contributed by atoms with E-state index in [2.05, 4.69) is 94.8 Å². The number of halogens is 1. The molecule has 5 nitrogen and oxygen atoms in total. The van der Waals surface area contributed by atoms with Crippen LogP contribution in [0.2, 0.25) is 5.02 Å². The van der Waals surface area contributed by atoms with Crippen molar-refractivity contribution in [3.05, 3.63) is 143 Å². The molecule has 0 radical (unpaired) electrons. The Labute approximate surface area is 269 Å². The average molecular weight is 611 g/mol. The fourth-order valence-corrected chi connectivity index (χ4v) is 5.00. The predicted octanol–water partition coefficient (Wildman–Crippen LogP) is 8.15. The first-order valence-electron chi connectivity index (χ1n) is 15.6. The van der Waals surface area contributed by atoms with Crippen LogP contribution in [0.1, 0.15) is 43.4 Å². The number of allylic oxidation sites excluding steroid dienone is 3. The van der Waals surface area contributed by atoms with Crippen LogP contribution in [-0.2, 0) is 0 Å². The van der Waals surface area contributed by atoms with Crippen LogP contribution in [0.3, 0.4) is 0 Å². The van der Waals surface area contributed by atoms with Crippen LogP contribution in [0.25, 0.3) is 5.57 Å². The molecule has 3 aliphatic rings. The zero-order valence-electron chi connectivity index (χ0n) is 26.4. The van der Waals surface area contributed by atoms with Gasteiger partial charge in [0.25, 0.3) is 0 Å². The minimum Gasteiger partial charge on any atom is -0.462 e. The van der Waals surface area contributed by atoms with Crippen LogP contribution in [0.15, 0.2) is 126 Å². The third-order valence-corrected chi connectivity index (χ3v) is 7.30. The van der Waals surface area contributed by atoms with Gasteiger partial charge in [-0.15, -0.1) is 0 Å². The van der Waals surface area contributed by atoms with Crippen LogP contribution in [0.5, 0.6) is 5.75 Å². The Kier molecular flexibility index (Phi) is 16.0. The Morgan fingerprint density at radius 1 is 0.864 bits per heavy atom. The predicted molar refractivity (Wildman–Crippen MR) is 190 cm³/mol. The number of aliphatic imine (C=N–C) groups is 1. The zero-order valence-corrected chi connectivity index (χ0v) is 27.2. The minimum atomic E-state index is 0.666. The molecule has 0 unspecified atom stereocenters. The third-order valence-electron chi connectivity index (χ3n) is 7.06. The first-order valence-corrected chi connectivity index (χ1v) is 15.9. The van der Waals surface area contributed by atoms with Gasteiger partial charge in [-0.05, 0) is 74.0 Å². The Bertz CT molecular complexity index is 1340. The second-order valence-corrected chi connectivity index (χ2v) is 10.6. The van der Waals surface area contributed by atoms with Gasteiger partial charge in [0.15, 0.2) is 0 Å². The second kappa shape index (κ2) is 20.3. The molecule has 2 fully saturated rings. The quantitative estimate of drug-likeness (QED) is 0.293. The Morgan fingerprint density at radius 3 is 2.00 bits per heavy atom. The number of fused-ring (bicyclic) bond motifs is 1. The molecule has 0 saturated carbocycles. The van der Waals surface area contributed by atoms with Gasteiger partial charge in [0.05, 0.1) is 5.70 Å². The number of nitrogens with one attached hydrogen (secondary N) is 2. The molecule has 3 aliphatic heterocycles. The zero-order chi connectivity index (χ0) is 31.4. The van der Waals surface area contributed by atoms with Crippen molar-refractivity contribution >= 4 is 23.4 Å². The van der Waals surface area contributed by atoms with Gasteiger partial charge in [0.1, 0.15) is 12.0 Å². The number of piperazine rings is 1. The first kappa shape index (κ1) is 34.7. The molecular formula is C38H47ClN4O. The molecule has 44 heavy (non-hydrogen) atoms. The van der Waals surface area contributed by atoms with Gasteiger partial charge < -0.3 is 20.3 Å². The monoisotopic (exact) mass is 610 g/mol. The molecule has 232 valence electrons. The van der Waals surface area contributed by atoms with Crippen LogP contribution >= 0.6 is 11.6 Å². The highest BCUT2D eigenvalue weighted by Crippen LogP contribution is 2.30. The number of hydrogen-bond donors (Lipinski definition) is 2. The number of likely N-dealkylation sites (N-methyl/N-ethyl adjacent to an activating group) is 1. The number of ether oxygens (including phenoxy) is 1. The lowest BCUT2D eigenvalue weighted by Gasteiger charge is -2.21. The van der Waals surface area contributed by atoms with Crippen LogP contribution in [-0.4, -0.2) is 57.4 Å². The smallest absolute Gasteiger partial charge is 0.135 e. The van der Waals surface area contributed by atoms with Crippen molar-refractivity contribution in [3.63, 3.8) is 0 Å². The lowest BCUT2D eigenvalue weighted by Crippen LogP contribution is -2.40. The Morgan fingerprint density at radius 2 is 1.45 bits per heavy atom. The van der Waals surface area contributed by atoms with Gasteiger partial charge >= 0.3 is 0 Å². The maximum absolute atomic E-state index is 5.89. The number of benzene rings is 3. The van der Waals surface area contributed by atoms with Crippen molar-refractivity contribution < 1.29 is 4.74 Å². The van der Waals surface area contributed by atoms with E-state index in [0.29, 0.717) is 5.02 Å². The molecule has 6 heteroatoms. The molecule has 0 atom stereocenters. The van der Waals surface area contributed by atoms with Crippen LogP contribution < -0.4 is 15.4 Å². The molecule has 3 aromatic carbocycles. The van der Waals surface area contributed by atoms with Crippen LogP contribution in [0, 0.1) is 0 Å². The van der Waals surface area contributed by atoms with Crippen molar-refractivity contribution in [2.45, 2.75) is 26.7 Å². The van der Waals surface area contributed by atoms with Crippen LogP contribution in [0.4, 0.5) is 0 Å². The molecule has 0 amide bonds. The number of nitrogens with zero attached hydrogens (tertiary/aromatic N) is 2. The van der Waals surface area contributed by atoms with E-state index in [1.165, 1.54) is 29.8 Å². The second-order valence-electron chi connectivity index (χ2n) is 10.2. The Balaban J connectivity index is 0.000000191. The molecular weight excluding hydrogens is 564 g/mol. The van der Waals surface area contributed by atoms with Crippen molar-refractivity contribution in [2.75, 3.05) is 46.3 Å². The minimum absolute atomic E-state index is 0.666. The fourth-order valence-electron chi connectivity index (χ4n) is 4.81. The van der Waals surface area contributed by atoms with E-state index in [0.717, 1.165) is 56.0 Å². The van der Waals surface area contributed by atoms with E-state index in [1.54, 1.807) is 36.3 Å². The van der Waals surface area contributed by atoms with Gasteiger partial charge in [0, 0.05) is 43.0 Å². The van der Waals surface area contributed by atoms with E-state index in [-0.39, 0.29) is 0 Å². The Hall–Kier alpha value is -3.74. The lowest BCUT2D eigenvalue weighted by atomic mass is 9.89.